The van der Waals surface area contributed by atoms with Gasteiger partial charge in [-0.1, -0.05) is 25.0 Å². The summed E-state index contributed by atoms with van der Waals surface area (Å²) in [5.74, 6) is 0.288. The number of alkyl halides is 4. The van der Waals surface area contributed by atoms with Crippen LogP contribution < -0.4 is 10.5 Å². The largest absolute Gasteiger partial charge is 0.461 e. The van der Waals surface area contributed by atoms with Gasteiger partial charge in [-0.25, -0.2) is 0 Å². The standard InChI is InChI=1S/C13H15F4NO.ClH/c14-12(15)13(16,17)19-10-3-1-2-9(7-10)11(18)6-8-4-5-8;/h1-3,7-8,11-12H,4-6,18H2;1H/t11-;/m0./s1. The maximum absolute atomic E-state index is 12.8. The van der Waals surface area contributed by atoms with Crippen LogP contribution in [0.2, 0.25) is 0 Å². The Morgan fingerprint density at radius 2 is 1.95 bits per heavy atom. The summed E-state index contributed by atoms with van der Waals surface area (Å²) < 4.78 is 53.7. The number of hydrogen-bond acceptors (Lipinski definition) is 2. The van der Waals surface area contributed by atoms with E-state index in [1.54, 1.807) is 6.07 Å². The first kappa shape index (κ1) is 17.0. The van der Waals surface area contributed by atoms with Crippen LogP contribution >= 0.6 is 12.4 Å². The van der Waals surface area contributed by atoms with Crippen LogP contribution in [0.15, 0.2) is 24.3 Å². The molecular weight excluding hydrogens is 298 g/mol. The molecule has 1 aliphatic rings. The first-order valence-electron chi connectivity index (χ1n) is 6.09. The lowest BCUT2D eigenvalue weighted by Gasteiger charge is -2.18. The molecule has 2 N–H and O–H groups in total. The number of benzene rings is 1. The molecule has 7 heteroatoms. The summed E-state index contributed by atoms with van der Waals surface area (Å²) in [7, 11) is 0. The van der Waals surface area contributed by atoms with Crippen molar-refractivity contribution in [3.63, 3.8) is 0 Å². The normalized spacial score (nSPS) is 16.7. The van der Waals surface area contributed by atoms with Crippen LogP contribution in [0.25, 0.3) is 0 Å². The van der Waals surface area contributed by atoms with Gasteiger partial charge in [0.15, 0.2) is 0 Å². The van der Waals surface area contributed by atoms with Crippen LogP contribution in [0.5, 0.6) is 5.75 Å². The Bertz CT molecular complexity index is 440. The molecule has 0 aromatic heterocycles. The highest BCUT2D eigenvalue weighted by Crippen LogP contribution is 2.37. The lowest BCUT2D eigenvalue weighted by Crippen LogP contribution is -2.33. The summed E-state index contributed by atoms with van der Waals surface area (Å²) in [6.45, 7) is 0. The Kier molecular flexibility index (Phi) is 5.65. The summed E-state index contributed by atoms with van der Waals surface area (Å²) >= 11 is 0. The zero-order valence-corrected chi connectivity index (χ0v) is 11.4. The molecule has 2 nitrogen and oxygen atoms in total. The zero-order chi connectivity index (χ0) is 14.0. The molecule has 1 fully saturated rings. The Morgan fingerprint density at radius 1 is 1.30 bits per heavy atom. The first-order chi connectivity index (χ1) is 8.88. The number of ether oxygens (including phenoxy) is 1. The van der Waals surface area contributed by atoms with Crippen LogP contribution in [-0.2, 0) is 0 Å². The van der Waals surface area contributed by atoms with Gasteiger partial charge in [0.05, 0.1) is 0 Å². The molecule has 0 amide bonds. The lowest BCUT2D eigenvalue weighted by atomic mass is 10.0. The summed E-state index contributed by atoms with van der Waals surface area (Å²) in [6.07, 6.45) is -5.31. The molecule has 0 bridgehead atoms. The minimum absolute atomic E-state index is 0. The fourth-order valence-electron chi connectivity index (χ4n) is 1.86. The molecule has 1 saturated carbocycles. The fourth-order valence-corrected chi connectivity index (χ4v) is 1.86. The SMILES string of the molecule is Cl.N[C@@H](CC1CC1)c1cccc(OC(F)(F)C(F)F)c1. The van der Waals surface area contributed by atoms with Crippen LogP contribution in [0.4, 0.5) is 17.6 Å². The van der Waals surface area contributed by atoms with E-state index in [0.29, 0.717) is 11.5 Å². The van der Waals surface area contributed by atoms with Gasteiger partial charge < -0.3 is 10.5 Å². The van der Waals surface area contributed by atoms with E-state index in [1.165, 1.54) is 18.2 Å². The van der Waals surface area contributed by atoms with Gasteiger partial charge in [-0.3, -0.25) is 0 Å². The zero-order valence-electron chi connectivity index (χ0n) is 10.6. The molecule has 2 rings (SSSR count). The maximum Gasteiger partial charge on any atom is 0.461 e. The molecule has 1 aliphatic carbocycles. The molecule has 0 saturated heterocycles. The van der Waals surface area contributed by atoms with Crippen molar-refractivity contribution in [3.05, 3.63) is 29.8 Å². The number of halogens is 5. The van der Waals surface area contributed by atoms with Gasteiger partial charge in [0.2, 0.25) is 0 Å². The minimum Gasteiger partial charge on any atom is -0.428 e. The predicted molar refractivity (Wildman–Crippen MR) is 69.5 cm³/mol. The molecule has 0 unspecified atom stereocenters. The maximum atomic E-state index is 12.8. The van der Waals surface area contributed by atoms with Gasteiger partial charge in [0, 0.05) is 6.04 Å². The van der Waals surface area contributed by atoms with Crippen LogP contribution in [0.3, 0.4) is 0 Å². The smallest absolute Gasteiger partial charge is 0.428 e. The molecule has 20 heavy (non-hydrogen) atoms. The molecule has 0 radical (unpaired) electrons. The highest BCUT2D eigenvalue weighted by Gasteiger charge is 2.44. The quantitative estimate of drug-likeness (QED) is 0.801. The average Bonchev–Trinajstić information content (AvgIpc) is 3.12. The van der Waals surface area contributed by atoms with E-state index in [2.05, 4.69) is 4.74 Å². The minimum atomic E-state index is -4.49. The van der Waals surface area contributed by atoms with E-state index in [9.17, 15) is 17.6 Å². The van der Waals surface area contributed by atoms with E-state index in [0.717, 1.165) is 19.3 Å². The van der Waals surface area contributed by atoms with Crippen molar-refractivity contribution in [2.24, 2.45) is 11.7 Å². The van der Waals surface area contributed by atoms with E-state index in [1.807, 2.05) is 0 Å². The van der Waals surface area contributed by atoms with Crippen molar-refractivity contribution in [1.82, 2.24) is 0 Å². The second-order valence-corrected chi connectivity index (χ2v) is 4.82. The molecule has 1 aromatic rings. The van der Waals surface area contributed by atoms with E-state index in [4.69, 9.17) is 5.73 Å². The van der Waals surface area contributed by atoms with Crippen molar-refractivity contribution in [1.29, 1.82) is 0 Å². The Balaban J connectivity index is 0.00000200. The molecule has 1 aromatic carbocycles. The van der Waals surface area contributed by atoms with E-state index >= 15 is 0 Å². The predicted octanol–water partition coefficient (Wildman–Crippen LogP) is 4.15. The Labute approximate surface area is 120 Å². The number of hydrogen-bond donors (Lipinski definition) is 1. The molecule has 0 spiro atoms. The molecular formula is C13H16ClF4NO. The van der Waals surface area contributed by atoms with Crippen molar-refractivity contribution in [2.75, 3.05) is 0 Å². The second-order valence-electron chi connectivity index (χ2n) is 4.82. The Morgan fingerprint density at radius 3 is 2.50 bits per heavy atom. The van der Waals surface area contributed by atoms with E-state index < -0.39 is 12.5 Å². The van der Waals surface area contributed by atoms with Crippen molar-refractivity contribution >= 4 is 12.4 Å². The molecule has 0 aliphatic heterocycles. The van der Waals surface area contributed by atoms with Crippen molar-refractivity contribution in [3.8, 4) is 5.75 Å². The third-order valence-electron chi connectivity index (χ3n) is 3.08. The first-order valence-corrected chi connectivity index (χ1v) is 6.09. The van der Waals surface area contributed by atoms with Crippen LogP contribution in [-0.4, -0.2) is 12.5 Å². The fraction of sp³-hybridized carbons (Fsp3) is 0.538. The number of nitrogens with two attached hydrogens (primary N) is 1. The third kappa shape index (κ3) is 4.52. The van der Waals surface area contributed by atoms with Crippen LogP contribution in [0.1, 0.15) is 30.9 Å². The summed E-state index contributed by atoms with van der Waals surface area (Å²) in [6, 6.07) is 5.38. The summed E-state index contributed by atoms with van der Waals surface area (Å²) in [5, 5.41) is 0. The lowest BCUT2D eigenvalue weighted by molar-refractivity contribution is -0.253. The van der Waals surface area contributed by atoms with Crippen molar-refractivity contribution < 1.29 is 22.3 Å². The molecule has 1 atom stereocenters. The van der Waals surface area contributed by atoms with Gasteiger partial charge in [-0.05, 0) is 30.0 Å². The van der Waals surface area contributed by atoms with Crippen molar-refractivity contribution in [2.45, 2.75) is 37.8 Å². The van der Waals surface area contributed by atoms with Gasteiger partial charge in [-0.2, -0.15) is 17.6 Å². The molecule has 0 heterocycles. The second kappa shape index (κ2) is 6.63. The third-order valence-corrected chi connectivity index (χ3v) is 3.08. The van der Waals surface area contributed by atoms with Crippen LogP contribution in [0, 0.1) is 5.92 Å². The van der Waals surface area contributed by atoms with Gasteiger partial charge in [0.1, 0.15) is 5.75 Å². The molecule has 114 valence electrons. The summed E-state index contributed by atoms with van der Waals surface area (Å²) in [4.78, 5) is 0. The van der Waals surface area contributed by atoms with E-state index in [-0.39, 0.29) is 24.2 Å². The highest BCUT2D eigenvalue weighted by atomic mass is 35.5. The number of rotatable bonds is 6. The van der Waals surface area contributed by atoms with Gasteiger partial charge >= 0.3 is 12.5 Å². The Hall–Kier alpha value is -1.01. The van der Waals surface area contributed by atoms with Gasteiger partial charge in [0.25, 0.3) is 0 Å². The van der Waals surface area contributed by atoms with Gasteiger partial charge in [-0.15, -0.1) is 12.4 Å². The summed E-state index contributed by atoms with van der Waals surface area (Å²) in [5.41, 5.74) is 6.56. The highest BCUT2D eigenvalue weighted by molar-refractivity contribution is 5.85. The average molecular weight is 314 g/mol. The topological polar surface area (TPSA) is 35.2 Å². The monoisotopic (exact) mass is 313 g/mol.